The van der Waals surface area contributed by atoms with Crippen LogP contribution in [0, 0.1) is 0 Å². The lowest BCUT2D eigenvalue weighted by molar-refractivity contribution is 0.0167. The molecule has 0 aromatic carbocycles. The van der Waals surface area contributed by atoms with Crippen molar-refractivity contribution in [2.24, 2.45) is 0 Å². The molecule has 0 radical (unpaired) electrons. The van der Waals surface area contributed by atoms with Crippen LogP contribution in [0.15, 0.2) is 0 Å². The predicted octanol–water partition coefficient (Wildman–Crippen LogP) is 3.06. The third-order valence-electron chi connectivity index (χ3n) is 3.49. The zero-order valence-corrected chi connectivity index (χ0v) is 12.4. The minimum absolute atomic E-state index is 0.356. The van der Waals surface area contributed by atoms with Crippen LogP contribution in [0.25, 0.3) is 0 Å². The average molecular weight is 286 g/mol. The number of imidazole rings is 1. The summed E-state index contributed by atoms with van der Waals surface area (Å²) in [4.78, 5) is 7.66. The van der Waals surface area contributed by atoms with Crippen LogP contribution in [0.3, 0.4) is 0 Å². The number of nitrogens with zero attached hydrogens (tertiary/aromatic N) is 1. The van der Waals surface area contributed by atoms with Crippen LogP contribution in [-0.2, 0) is 17.7 Å². The van der Waals surface area contributed by atoms with Gasteiger partial charge in [-0.1, -0.05) is 24.9 Å². The highest BCUT2D eigenvalue weighted by Crippen LogP contribution is 2.15. The average Bonchev–Trinajstić information content (AvgIpc) is 2.78. The van der Waals surface area contributed by atoms with E-state index in [4.69, 9.17) is 16.3 Å². The summed E-state index contributed by atoms with van der Waals surface area (Å²) in [5.74, 6) is 0.998. The first-order valence-corrected chi connectivity index (χ1v) is 7.73. The monoisotopic (exact) mass is 285 g/mol. The molecule has 0 bridgehead atoms. The molecule has 1 unspecified atom stereocenters. The van der Waals surface area contributed by atoms with E-state index in [9.17, 15) is 0 Å². The van der Waals surface area contributed by atoms with E-state index in [0.717, 1.165) is 50.5 Å². The lowest BCUT2D eigenvalue weighted by atomic mass is 10.1. The molecule has 1 fully saturated rings. The van der Waals surface area contributed by atoms with Crippen molar-refractivity contribution in [1.29, 1.82) is 0 Å². The lowest BCUT2D eigenvalue weighted by Gasteiger charge is -2.22. The van der Waals surface area contributed by atoms with Gasteiger partial charge in [0.05, 0.1) is 11.8 Å². The largest absolute Gasteiger partial charge is 0.377 e. The predicted molar refractivity (Wildman–Crippen MR) is 77.5 cm³/mol. The molecule has 2 rings (SSSR count). The molecule has 1 atom stereocenters. The van der Waals surface area contributed by atoms with Crippen LogP contribution in [0.1, 0.15) is 50.5 Å². The molecule has 1 aromatic heterocycles. The first-order chi connectivity index (χ1) is 9.29. The third-order valence-corrected chi connectivity index (χ3v) is 3.80. The summed E-state index contributed by atoms with van der Waals surface area (Å²) in [5, 5.41) is 4.00. The summed E-state index contributed by atoms with van der Waals surface area (Å²) in [5.41, 5.74) is 0.989. The van der Waals surface area contributed by atoms with Crippen molar-refractivity contribution in [3.8, 4) is 0 Å². The van der Waals surface area contributed by atoms with E-state index in [1.165, 1.54) is 19.3 Å². The Morgan fingerprint density at radius 2 is 2.37 bits per heavy atom. The fourth-order valence-electron chi connectivity index (χ4n) is 2.35. The van der Waals surface area contributed by atoms with Crippen molar-refractivity contribution in [3.05, 3.63) is 16.7 Å². The number of rotatable bonds is 7. The van der Waals surface area contributed by atoms with Gasteiger partial charge < -0.3 is 15.0 Å². The number of H-pyrrole nitrogens is 1. The van der Waals surface area contributed by atoms with Gasteiger partial charge in [0.25, 0.3) is 0 Å². The van der Waals surface area contributed by atoms with Crippen molar-refractivity contribution in [1.82, 2.24) is 15.3 Å². The molecule has 1 aromatic rings. The molecule has 5 heteroatoms. The van der Waals surface area contributed by atoms with Gasteiger partial charge in [0.1, 0.15) is 5.82 Å². The van der Waals surface area contributed by atoms with Crippen molar-refractivity contribution >= 4 is 11.6 Å². The molecule has 4 nitrogen and oxygen atoms in total. The second-order valence-electron chi connectivity index (χ2n) is 5.18. The van der Waals surface area contributed by atoms with Crippen LogP contribution in [0.2, 0.25) is 5.15 Å². The molecule has 0 aliphatic carbocycles. The number of aromatic nitrogens is 2. The van der Waals surface area contributed by atoms with Gasteiger partial charge >= 0.3 is 0 Å². The Labute approximate surface area is 120 Å². The molecule has 108 valence electrons. The number of ether oxygens (including phenoxy) is 1. The first kappa shape index (κ1) is 14.8. The molecule has 0 amide bonds. The number of aromatic amines is 1. The standard InChI is InChI=1S/C14H24ClN3O/c1-2-3-7-13-17-12(14(15)18-13)10-16-9-11-6-4-5-8-19-11/h11,16H,2-10H2,1H3,(H,17,18). The highest BCUT2D eigenvalue weighted by atomic mass is 35.5. The molecule has 2 heterocycles. The van der Waals surface area contributed by atoms with Crippen LogP contribution in [0.5, 0.6) is 0 Å². The molecule has 1 aliphatic rings. The second-order valence-corrected chi connectivity index (χ2v) is 5.53. The van der Waals surface area contributed by atoms with Crippen molar-refractivity contribution in [2.45, 2.75) is 58.1 Å². The van der Waals surface area contributed by atoms with Gasteiger partial charge in [0.2, 0.25) is 0 Å². The Morgan fingerprint density at radius 3 is 3.11 bits per heavy atom. The summed E-state index contributed by atoms with van der Waals surface area (Å²) in [6.45, 7) is 4.70. The summed E-state index contributed by atoms with van der Waals surface area (Å²) in [6.07, 6.45) is 7.28. The molecule has 19 heavy (non-hydrogen) atoms. The number of hydrogen-bond donors (Lipinski definition) is 2. The summed E-state index contributed by atoms with van der Waals surface area (Å²) in [7, 11) is 0. The molecular formula is C14H24ClN3O. The summed E-state index contributed by atoms with van der Waals surface area (Å²) in [6, 6.07) is 0. The van der Waals surface area contributed by atoms with Crippen molar-refractivity contribution < 1.29 is 4.74 Å². The summed E-state index contributed by atoms with van der Waals surface area (Å²) < 4.78 is 5.68. The zero-order valence-electron chi connectivity index (χ0n) is 11.7. The van der Waals surface area contributed by atoms with E-state index in [1.54, 1.807) is 0 Å². The van der Waals surface area contributed by atoms with Gasteiger partial charge in [-0.25, -0.2) is 4.98 Å². The molecule has 0 saturated carbocycles. The summed E-state index contributed by atoms with van der Waals surface area (Å²) >= 11 is 6.13. The third kappa shape index (κ3) is 4.79. The maximum absolute atomic E-state index is 6.13. The number of hydrogen-bond acceptors (Lipinski definition) is 3. The first-order valence-electron chi connectivity index (χ1n) is 7.35. The Hall–Kier alpha value is -0.580. The molecule has 0 spiro atoms. The molecule has 2 N–H and O–H groups in total. The van der Waals surface area contributed by atoms with Gasteiger partial charge in [0.15, 0.2) is 5.15 Å². The van der Waals surface area contributed by atoms with Gasteiger partial charge in [0, 0.05) is 26.1 Å². The normalized spacial score (nSPS) is 19.8. The Morgan fingerprint density at radius 1 is 1.47 bits per heavy atom. The van der Waals surface area contributed by atoms with Gasteiger partial charge in [-0.15, -0.1) is 0 Å². The van der Waals surface area contributed by atoms with E-state index in [2.05, 4.69) is 22.2 Å². The Bertz CT molecular complexity index is 375. The number of aryl methyl sites for hydroxylation is 1. The molecular weight excluding hydrogens is 262 g/mol. The highest BCUT2D eigenvalue weighted by molar-refractivity contribution is 6.30. The van der Waals surface area contributed by atoms with Gasteiger partial charge in [-0.2, -0.15) is 0 Å². The van der Waals surface area contributed by atoms with E-state index in [-0.39, 0.29) is 0 Å². The van der Waals surface area contributed by atoms with Crippen LogP contribution in [-0.4, -0.2) is 29.2 Å². The molecule has 1 saturated heterocycles. The zero-order chi connectivity index (χ0) is 13.5. The Balaban J connectivity index is 1.73. The SMILES string of the molecule is CCCCc1nc(Cl)c(CNCC2CCCCO2)[nH]1. The van der Waals surface area contributed by atoms with Crippen LogP contribution < -0.4 is 5.32 Å². The quantitative estimate of drug-likeness (QED) is 0.809. The van der Waals surface area contributed by atoms with Crippen LogP contribution in [0.4, 0.5) is 0 Å². The Kier molecular flexibility index (Phi) is 6.14. The molecule has 1 aliphatic heterocycles. The number of nitrogens with one attached hydrogen (secondary N) is 2. The van der Waals surface area contributed by atoms with Crippen molar-refractivity contribution in [3.63, 3.8) is 0 Å². The second kappa shape index (κ2) is 7.88. The highest BCUT2D eigenvalue weighted by Gasteiger charge is 2.14. The van der Waals surface area contributed by atoms with Gasteiger partial charge in [-0.3, -0.25) is 0 Å². The van der Waals surface area contributed by atoms with Crippen molar-refractivity contribution in [2.75, 3.05) is 13.2 Å². The number of halogens is 1. The van der Waals surface area contributed by atoms with E-state index < -0.39 is 0 Å². The topological polar surface area (TPSA) is 49.9 Å². The maximum atomic E-state index is 6.13. The van der Waals surface area contributed by atoms with Gasteiger partial charge in [-0.05, 0) is 25.7 Å². The number of unbranched alkanes of at least 4 members (excludes halogenated alkanes) is 1. The minimum atomic E-state index is 0.356. The lowest BCUT2D eigenvalue weighted by Crippen LogP contribution is -2.31. The fraction of sp³-hybridized carbons (Fsp3) is 0.786. The van der Waals surface area contributed by atoms with E-state index >= 15 is 0 Å². The van der Waals surface area contributed by atoms with E-state index in [0.29, 0.717) is 11.3 Å². The smallest absolute Gasteiger partial charge is 0.151 e. The van der Waals surface area contributed by atoms with E-state index in [1.807, 2.05) is 0 Å². The maximum Gasteiger partial charge on any atom is 0.151 e. The fourth-order valence-corrected chi connectivity index (χ4v) is 2.56. The minimum Gasteiger partial charge on any atom is -0.377 e. The van der Waals surface area contributed by atoms with Crippen LogP contribution >= 0.6 is 11.6 Å².